The fourth-order valence-corrected chi connectivity index (χ4v) is 2.75. The number of hydrogen-bond donors (Lipinski definition) is 1. The minimum Gasteiger partial charge on any atom is -0.464 e. The number of nitrogens with one attached hydrogen (secondary N) is 1. The molecule has 1 saturated heterocycles. The fourth-order valence-electron chi connectivity index (χ4n) is 2.75. The number of carbonyl (C=O) groups is 1. The van der Waals surface area contributed by atoms with E-state index in [0.717, 1.165) is 36.5 Å². The standard InChI is InChI=1S/C18H22N2O3/c1-20(13-16-8-2-3-10-22-16)18(21)19-15-7-4-6-14(12-15)17-9-5-11-23-17/h4-7,9,11-12,16H,2-3,8,10,13H2,1H3,(H,19,21)/t16-/m0/s1. The van der Waals surface area contributed by atoms with E-state index < -0.39 is 0 Å². The quantitative estimate of drug-likeness (QED) is 0.928. The molecule has 5 nitrogen and oxygen atoms in total. The first-order valence-corrected chi connectivity index (χ1v) is 8.00. The number of benzene rings is 1. The molecule has 1 aliphatic heterocycles. The van der Waals surface area contributed by atoms with Crippen molar-refractivity contribution in [2.75, 3.05) is 25.5 Å². The molecule has 2 heterocycles. The Morgan fingerprint density at radius 2 is 2.22 bits per heavy atom. The Morgan fingerprint density at radius 1 is 1.30 bits per heavy atom. The molecule has 0 saturated carbocycles. The van der Waals surface area contributed by atoms with Gasteiger partial charge in [0.1, 0.15) is 5.76 Å². The van der Waals surface area contributed by atoms with Crippen LogP contribution in [0.1, 0.15) is 19.3 Å². The van der Waals surface area contributed by atoms with Crippen LogP contribution in [0.4, 0.5) is 10.5 Å². The molecule has 1 aliphatic rings. The molecular weight excluding hydrogens is 292 g/mol. The number of anilines is 1. The Labute approximate surface area is 136 Å². The minimum atomic E-state index is -0.129. The Balaban J connectivity index is 1.59. The number of hydrogen-bond acceptors (Lipinski definition) is 3. The predicted octanol–water partition coefficient (Wildman–Crippen LogP) is 3.98. The smallest absolute Gasteiger partial charge is 0.321 e. The molecule has 1 aromatic heterocycles. The van der Waals surface area contributed by atoms with Crippen LogP contribution in [0.25, 0.3) is 11.3 Å². The maximum Gasteiger partial charge on any atom is 0.321 e. The Kier molecular flexibility index (Phi) is 4.98. The third-order valence-electron chi connectivity index (χ3n) is 4.02. The van der Waals surface area contributed by atoms with Gasteiger partial charge in [0.15, 0.2) is 0 Å². The van der Waals surface area contributed by atoms with Crippen LogP contribution in [0.5, 0.6) is 0 Å². The second-order valence-corrected chi connectivity index (χ2v) is 5.86. The first-order chi connectivity index (χ1) is 11.2. The second kappa shape index (κ2) is 7.33. The molecule has 1 aromatic carbocycles. The van der Waals surface area contributed by atoms with Crippen molar-refractivity contribution >= 4 is 11.7 Å². The molecule has 0 radical (unpaired) electrons. The van der Waals surface area contributed by atoms with Crippen molar-refractivity contribution in [3.63, 3.8) is 0 Å². The molecule has 3 rings (SSSR count). The molecule has 1 atom stereocenters. The Hall–Kier alpha value is -2.27. The van der Waals surface area contributed by atoms with E-state index in [1.165, 1.54) is 6.42 Å². The van der Waals surface area contributed by atoms with Crippen LogP contribution in [0.2, 0.25) is 0 Å². The molecule has 2 amide bonds. The van der Waals surface area contributed by atoms with E-state index in [1.807, 2.05) is 36.4 Å². The van der Waals surface area contributed by atoms with Gasteiger partial charge in [0.05, 0.1) is 12.4 Å². The lowest BCUT2D eigenvalue weighted by Crippen LogP contribution is -2.39. The maximum atomic E-state index is 12.3. The molecule has 0 spiro atoms. The van der Waals surface area contributed by atoms with Gasteiger partial charge in [0.25, 0.3) is 0 Å². The summed E-state index contributed by atoms with van der Waals surface area (Å²) in [5.41, 5.74) is 1.69. The molecule has 122 valence electrons. The second-order valence-electron chi connectivity index (χ2n) is 5.86. The van der Waals surface area contributed by atoms with Crippen molar-refractivity contribution in [1.82, 2.24) is 4.90 Å². The topological polar surface area (TPSA) is 54.7 Å². The number of rotatable bonds is 4. The number of nitrogens with zero attached hydrogens (tertiary/aromatic N) is 1. The van der Waals surface area contributed by atoms with E-state index in [0.29, 0.717) is 6.54 Å². The van der Waals surface area contributed by atoms with Crippen LogP contribution >= 0.6 is 0 Å². The summed E-state index contributed by atoms with van der Waals surface area (Å²) >= 11 is 0. The first-order valence-electron chi connectivity index (χ1n) is 8.00. The van der Waals surface area contributed by atoms with Crippen LogP contribution < -0.4 is 5.32 Å². The summed E-state index contributed by atoms with van der Waals surface area (Å²) in [5, 5.41) is 2.92. The van der Waals surface area contributed by atoms with Gasteiger partial charge in [-0.05, 0) is 43.5 Å². The van der Waals surface area contributed by atoms with Gasteiger partial charge >= 0.3 is 6.03 Å². The molecule has 1 fully saturated rings. The Bertz CT molecular complexity index is 633. The third-order valence-corrected chi connectivity index (χ3v) is 4.02. The zero-order valence-corrected chi connectivity index (χ0v) is 13.3. The fraction of sp³-hybridized carbons (Fsp3) is 0.389. The van der Waals surface area contributed by atoms with Gasteiger partial charge in [0.2, 0.25) is 0 Å². The number of urea groups is 1. The predicted molar refractivity (Wildman–Crippen MR) is 89.4 cm³/mol. The van der Waals surface area contributed by atoms with Gasteiger partial charge in [0, 0.05) is 31.5 Å². The van der Waals surface area contributed by atoms with E-state index >= 15 is 0 Å². The van der Waals surface area contributed by atoms with E-state index in [2.05, 4.69) is 5.32 Å². The van der Waals surface area contributed by atoms with Crippen molar-refractivity contribution in [3.05, 3.63) is 42.7 Å². The van der Waals surface area contributed by atoms with Gasteiger partial charge in [-0.25, -0.2) is 4.79 Å². The summed E-state index contributed by atoms with van der Waals surface area (Å²) in [6.07, 6.45) is 5.09. The highest BCUT2D eigenvalue weighted by Crippen LogP contribution is 2.23. The molecule has 2 aromatic rings. The van der Waals surface area contributed by atoms with E-state index in [4.69, 9.17) is 9.15 Å². The summed E-state index contributed by atoms with van der Waals surface area (Å²) in [5.74, 6) is 0.782. The summed E-state index contributed by atoms with van der Waals surface area (Å²) in [7, 11) is 1.80. The lowest BCUT2D eigenvalue weighted by molar-refractivity contribution is 0.00463. The third kappa shape index (κ3) is 4.13. The average molecular weight is 314 g/mol. The van der Waals surface area contributed by atoms with Gasteiger partial charge in [-0.15, -0.1) is 0 Å². The summed E-state index contributed by atoms with van der Waals surface area (Å²) in [6, 6.07) is 11.2. The highest BCUT2D eigenvalue weighted by atomic mass is 16.5. The molecule has 0 aliphatic carbocycles. The van der Waals surface area contributed by atoms with E-state index in [-0.39, 0.29) is 12.1 Å². The summed E-state index contributed by atoms with van der Waals surface area (Å²) in [4.78, 5) is 14.0. The van der Waals surface area contributed by atoms with Gasteiger partial charge in [-0.1, -0.05) is 12.1 Å². The SMILES string of the molecule is CN(C[C@@H]1CCCCO1)C(=O)Nc1cccc(-c2ccco2)c1. The lowest BCUT2D eigenvalue weighted by Gasteiger charge is -2.27. The molecule has 0 bridgehead atoms. The van der Waals surface area contributed by atoms with E-state index in [1.54, 1.807) is 18.2 Å². The lowest BCUT2D eigenvalue weighted by atomic mass is 10.1. The highest BCUT2D eigenvalue weighted by Gasteiger charge is 2.18. The molecular formula is C18H22N2O3. The van der Waals surface area contributed by atoms with Crippen LogP contribution in [0, 0.1) is 0 Å². The van der Waals surface area contributed by atoms with Crippen molar-refractivity contribution in [1.29, 1.82) is 0 Å². The molecule has 23 heavy (non-hydrogen) atoms. The van der Waals surface area contributed by atoms with E-state index in [9.17, 15) is 4.79 Å². The van der Waals surface area contributed by atoms with Crippen LogP contribution in [-0.4, -0.2) is 37.2 Å². The maximum absolute atomic E-state index is 12.3. The number of furan rings is 1. The zero-order valence-electron chi connectivity index (χ0n) is 13.3. The van der Waals surface area contributed by atoms with Crippen molar-refractivity contribution in [2.24, 2.45) is 0 Å². The van der Waals surface area contributed by atoms with Crippen LogP contribution in [0.3, 0.4) is 0 Å². The van der Waals surface area contributed by atoms with Gasteiger partial charge < -0.3 is 19.4 Å². The molecule has 5 heteroatoms. The van der Waals surface area contributed by atoms with Gasteiger partial charge in [-0.3, -0.25) is 0 Å². The Morgan fingerprint density at radius 3 is 2.96 bits per heavy atom. The van der Waals surface area contributed by atoms with Crippen LogP contribution in [0.15, 0.2) is 47.1 Å². The number of likely N-dealkylation sites (N-methyl/N-ethyl adjacent to an activating group) is 1. The average Bonchev–Trinajstić information content (AvgIpc) is 3.10. The first kappa shape index (κ1) is 15.6. The number of ether oxygens (including phenoxy) is 1. The highest BCUT2D eigenvalue weighted by molar-refractivity contribution is 5.89. The van der Waals surface area contributed by atoms with Crippen LogP contribution in [-0.2, 0) is 4.74 Å². The zero-order chi connectivity index (χ0) is 16.1. The number of amides is 2. The normalized spacial score (nSPS) is 17.7. The largest absolute Gasteiger partial charge is 0.464 e. The van der Waals surface area contributed by atoms with Gasteiger partial charge in [-0.2, -0.15) is 0 Å². The van der Waals surface area contributed by atoms with Crippen molar-refractivity contribution in [2.45, 2.75) is 25.4 Å². The monoisotopic (exact) mass is 314 g/mol. The molecule has 0 unspecified atom stereocenters. The summed E-state index contributed by atoms with van der Waals surface area (Å²) < 4.78 is 11.1. The van der Waals surface area contributed by atoms with Crippen molar-refractivity contribution < 1.29 is 13.9 Å². The van der Waals surface area contributed by atoms with Crippen molar-refractivity contribution in [3.8, 4) is 11.3 Å². The minimum absolute atomic E-state index is 0.129. The molecule has 1 N–H and O–H groups in total. The summed E-state index contributed by atoms with van der Waals surface area (Å²) in [6.45, 7) is 1.41. The number of carbonyl (C=O) groups excluding carboxylic acids is 1.